The number of hydrogen-bond acceptors (Lipinski definition) is 2. The number of benzene rings is 1. The molecule has 1 aromatic carbocycles. The minimum atomic E-state index is 0.0933. The van der Waals surface area contributed by atoms with Gasteiger partial charge in [-0.15, -0.1) is 0 Å². The lowest BCUT2D eigenvalue weighted by molar-refractivity contribution is -0.126. The first-order chi connectivity index (χ1) is 9.27. The van der Waals surface area contributed by atoms with Crippen LogP contribution in [0.1, 0.15) is 24.8 Å². The minimum absolute atomic E-state index is 0.0933. The molecule has 0 aliphatic carbocycles. The maximum absolute atomic E-state index is 12.1. The van der Waals surface area contributed by atoms with E-state index in [-0.39, 0.29) is 5.91 Å². The number of likely N-dealkylation sites (N-methyl/N-ethyl adjacent to an activating group) is 1. The highest BCUT2D eigenvalue weighted by Gasteiger charge is 2.19. The lowest BCUT2D eigenvalue weighted by atomic mass is 10.1. The van der Waals surface area contributed by atoms with Gasteiger partial charge in [-0.05, 0) is 44.0 Å². The Morgan fingerprint density at radius 3 is 2.84 bits per heavy atom. The third kappa shape index (κ3) is 4.21. The summed E-state index contributed by atoms with van der Waals surface area (Å²) in [4.78, 5) is 14.0. The van der Waals surface area contributed by atoms with Crippen molar-refractivity contribution >= 4 is 12.0 Å². The van der Waals surface area contributed by atoms with Crippen LogP contribution in [-0.2, 0) is 4.79 Å². The van der Waals surface area contributed by atoms with Gasteiger partial charge in [-0.3, -0.25) is 4.79 Å². The minimum Gasteiger partial charge on any atom is -0.339 e. The van der Waals surface area contributed by atoms with Gasteiger partial charge in [0.1, 0.15) is 0 Å². The Morgan fingerprint density at radius 1 is 1.26 bits per heavy atom. The fraction of sp³-hybridized carbons (Fsp3) is 0.438. The fourth-order valence-electron chi connectivity index (χ4n) is 2.42. The van der Waals surface area contributed by atoms with Gasteiger partial charge in [-0.2, -0.15) is 0 Å². The smallest absolute Gasteiger partial charge is 0.246 e. The molecule has 1 aliphatic rings. The molecule has 1 saturated heterocycles. The molecule has 3 heteroatoms. The van der Waals surface area contributed by atoms with E-state index < -0.39 is 0 Å². The molecule has 1 atom stereocenters. The molecule has 1 heterocycles. The summed E-state index contributed by atoms with van der Waals surface area (Å²) in [5.74, 6) is 0.0933. The monoisotopic (exact) mass is 258 g/mol. The predicted molar refractivity (Wildman–Crippen MR) is 78.8 cm³/mol. The number of hydrogen-bond donors (Lipinski definition) is 1. The highest BCUT2D eigenvalue weighted by molar-refractivity contribution is 5.91. The van der Waals surface area contributed by atoms with Crippen LogP contribution >= 0.6 is 0 Å². The molecular weight excluding hydrogens is 236 g/mol. The zero-order chi connectivity index (χ0) is 13.5. The van der Waals surface area contributed by atoms with Crippen molar-refractivity contribution < 1.29 is 4.79 Å². The Labute approximate surface area is 115 Å². The van der Waals surface area contributed by atoms with Crippen LogP contribution in [0, 0.1) is 0 Å². The van der Waals surface area contributed by atoms with Gasteiger partial charge in [0, 0.05) is 19.2 Å². The van der Waals surface area contributed by atoms with Crippen molar-refractivity contribution in [2.45, 2.75) is 25.3 Å². The standard InChI is InChI=1S/C16H22N2O/c1-18(15-8-5-12-17-13-11-15)16(19)10-9-14-6-3-2-4-7-14/h2-4,6-7,9-10,15,17H,5,8,11-13H2,1H3/b10-9+. The van der Waals surface area contributed by atoms with E-state index in [2.05, 4.69) is 5.32 Å². The van der Waals surface area contributed by atoms with Gasteiger partial charge >= 0.3 is 0 Å². The van der Waals surface area contributed by atoms with Gasteiger partial charge in [0.25, 0.3) is 0 Å². The van der Waals surface area contributed by atoms with Crippen molar-refractivity contribution in [2.75, 3.05) is 20.1 Å². The number of carbonyl (C=O) groups is 1. The third-order valence-electron chi connectivity index (χ3n) is 3.66. The molecule has 1 unspecified atom stereocenters. The SMILES string of the molecule is CN(C(=O)/C=C/c1ccccc1)C1CCCNCC1. The summed E-state index contributed by atoms with van der Waals surface area (Å²) < 4.78 is 0. The van der Waals surface area contributed by atoms with Crippen LogP contribution in [0.3, 0.4) is 0 Å². The van der Waals surface area contributed by atoms with Gasteiger partial charge in [-0.25, -0.2) is 0 Å². The van der Waals surface area contributed by atoms with E-state index in [9.17, 15) is 4.79 Å². The van der Waals surface area contributed by atoms with Crippen LogP contribution in [0.5, 0.6) is 0 Å². The molecule has 0 aromatic heterocycles. The van der Waals surface area contributed by atoms with Gasteiger partial charge in [0.05, 0.1) is 0 Å². The summed E-state index contributed by atoms with van der Waals surface area (Å²) >= 11 is 0. The molecule has 2 rings (SSSR count). The molecule has 0 radical (unpaired) electrons. The van der Waals surface area contributed by atoms with Crippen molar-refractivity contribution in [2.24, 2.45) is 0 Å². The summed E-state index contributed by atoms with van der Waals surface area (Å²) in [6.45, 7) is 2.07. The maximum atomic E-state index is 12.1. The second-order valence-corrected chi connectivity index (χ2v) is 5.03. The fourth-order valence-corrected chi connectivity index (χ4v) is 2.42. The van der Waals surface area contributed by atoms with Crippen LogP contribution < -0.4 is 5.32 Å². The lowest BCUT2D eigenvalue weighted by Gasteiger charge is -2.25. The summed E-state index contributed by atoms with van der Waals surface area (Å²) in [6, 6.07) is 10.3. The molecular formula is C16H22N2O. The van der Waals surface area contributed by atoms with E-state index in [1.54, 1.807) is 6.08 Å². The molecule has 1 fully saturated rings. The summed E-state index contributed by atoms with van der Waals surface area (Å²) in [7, 11) is 1.91. The van der Waals surface area contributed by atoms with Crippen molar-refractivity contribution in [3.63, 3.8) is 0 Å². The Kier molecular flexibility index (Phi) is 5.16. The van der Waals surface area contributed by atoms with E-state index >= 15 is 0 Å². The van der Waals surface area contributed by atoms with E-state index in [0.29, 0.717) is 6.04 Å². The number of amides is 1. The second kappa shape index (κ2) is 7.10. The predicted octanol–water partition coefficient (Wildman–Crippen LogP) is 2.30. The van der Waals surface area contributed by atoms with E-state index in [0.717, 1.165) is 37.9 Å². The average molecular weight is 258 g/mol. The highest BCUT2D eigenvalue weighted by Crippen LogP contribution is 2.12. The molecule has 1 aromatic rings. The number of carbonyl (C=O) groups excluding carboxylic acids is 1. The molecule has 0 spiro atoms. The molecule has 1 aliphatic heterocycles. The summed E-state index contributed by atoms with van der Waals surface area (Å²) in [6.07, 6.45) is 6.84. The van der Waals surface area contributed by atoms with Crippen molar-refractivity contribution in [1.82, 2.24) is 10.2 Å². The van der Waals surface area contributed by atoms with Crippen LogP contribution in [0.15, 0.2) is 36.4 Å². The van der Waals surface area contributed by atoms with E-state index in [1.807, 2.05) is 48.4 Å². The first-order valence-corrected chi connectivity index (χ1v) is 6.98. The number of nitrogens with one attached hydrogen (secondary N) is 1. The van der Waals surface area contributed by atoms with Gasteiger partial charge in [0.2, 0.25) is 5.91 Å². The zero-order valence-electron chi connectivity index (χ0n) is 11.5. The topological polar surface area (TPSA) is 32.3 Å². The summed E-state index contributed by atoms with van der Waals surface area (Å²) in [5.41, 5.74) is 1.06. The molecule has 19 heavy (non-hydrogen) atoms. The molecule has 1 N–H and O–H groups in total. The van der Waals surface area contributed by atoms with Crippen LogP contribution in [-0.4, -0.2) is 37.0 Å². The highest BCUT2D eigenvalue weighted by atomic mass is 16.2. The third-order valence-corrected chi connectivity index (χ3v) is 3.66. The molecule has 0 bridgehead atoms. The van der Waals surface area contributed by atoms with Crippen LogP contribution in [0.2, 0.25) is 0 Å². The Hall–Kier alpha value is -1.61. The van der Waals surface area contributed by atoms with E-state index in [4.69, 9.17) is 0 Å². The molecule has 0 saturated carbocycles. The Balaban J connectivity index is 1.93. The normalized spacial score (nSPS) is 20.2. The maximum Gasteiger partial charge on any atom is 0.246 e. The second-order valence-electron chi connectivity index (χ2n) is 5.03. The van der Waals surface area contributed by atoms with E-state index in [1.165, 1.54) is 0 Å². The van der Waals surface area contributed by atoms with Crippen molar-refractivity contribution in [1.29, 1.82) is 0 Å². The molecule has 102 valence electrons. The Morgan fingerprint density at radius 2 is 2.05 bits per heavy atom. The molecule has 3 nitrogen and oxygen atoms in total. The van der Waals surface area contributed by atoms with Gasteiger partial charge < -0.3 is 10.2 Å². The lowest BCUT2D eigenvalue weighted by Crippen LogP contribution is -2.36. The van der Waals surface area contributed by atoms with Gasteiger partial charge in [-0.1, -0.05) is 30.3 Å². The first kappa shape index (κ1) is 13.8. The number of rotatable bonds is 3. The van der Waals surface area contributed by atoms with Crippen LogP contribution in [0.25, 0.3) is 6.08 Å². The quantitative estimate of drug-likeness (QED) is 0.844. The Bertz CT molecular complexity index is 420. The van der Waals surface area contributed by atoms with Crippen molar-refractivity contribution in [3.8, 4) is 0 Å². The first-order valence-electron chi connectivity index (χ1n) is 6.98. The van der Waals surface area contributed by atoms with Crippen LogP contribution in [0.4, 0.5) is 0 Å². The average Bonchev–Trinajstić information content (AvgIpc) is 2.74. The van der Waals surface area contributed by atoms with Crippen molar-refractivity contribution in [3.05, 3.63) is 42.0 Å². The van der Waals surface area contributed by atoms with Gasteiger partial charge in [0.15, 0.2) is 0 Å². The number of nitrogens with zero attached hydrogens (tertiary/aromatic N) is 1. The molecule has 1 amide bonds. The summed E-state index contributed by atoms with van der Waals surface area (Å²) in [5, 5.41) is 3.37. The zero-order valence-corrected chi connectivity index (χ0v) is 11.5. The largest absolute Gasteiger partial charge is 0.339 e.